The minimum absolute atomic E-state index is 0.0296. The Kier molecular flexibility index (Phi) is 5.20. The molecule has 0 saturated heterocycles. The molecule has 6 heteroatoms. The largest absolute Gasteiger partial charge is 0.418 e. The number of anilines is 1. The molecular formula is C13H17F3N2O. The van der Waals surface area contributed by atoms with Crippen LogP contribution in [-0.2, 0) is 6.18 Å². The van der Waals surface area contributed by atoms with E-state index in [0.717, 1.165) is 31.4 Å². The van der Waals surface area contributed by atoms with Gasteiger partial charge in [-0.3, -0.25) is 4.79 Å². The number of alkyl halides is 3. The molecule has 1 aromatic rings. The lowest BCUT2D eigenvalue weighted by Gasteiger charge is -2.11. The third-order valence-corrected chi connectivity index (χ3v) is 2.69. The summed E-state index contributed by atoms with van der Waals surface area (Å²) in [4.78, 5) is 11.7. The molecule has 1 amide bonds. The fourth-order valence-electron chi connectivity index (χ4n) is 1.62. The maximum Gasteiger partial charge on any atom is 0.418 e. The Hall–Kier alpha value is -1.72. The Morgan fingerprint density at radius 2 is 2.00 bits per heavy atom. The van der Waals surface area contributed by atoms with Gasteiger partial charge in [-0.05, 0) is 24.6 Å². The van der Waals surface area contributed by atoms with Crippen LogP contribution in [0.1, 0.15) is 42.1 Å². The predicted octanol–water partition coefficient (Wildman–Crippen LogP) is 3.21. The lowest BCUT2D eigenvalue weighted by atomic mass is 10.1. The highest BCUT2D eigenvalue weighted by Crippen LogP contribution is 2.33. The molecule has 0 atom stereocenters. The molecule has 0 saturated carbocycles. The summed E-state index contributed by atoms with van der Waals surface area (Å²) in [5, 5.41) is 2.58. The second-order valence-electron chi connectivity index (χ2n) is 4.26. The minimum atomic E-state index is -4.55. The van der Waals surface area contributed by atoms with Crippen LogP contribution in [0.15, 0.2) is 18.2 Å². The number of nitrogen functional groups attached to an aromatic ring is 1. The molecule has 0 aliphatic heterocycles. The van der Waals surface area contributed by atoms with E-state index in [1.165, 1.54) is 6.07 Å². The number of rotatable bonds is 5. The van der Waals surface area contributed by atoms with Gasteiger partial charge in [-0.15, -0.1) is 0 Å². The Labute approximate surface area is 110 Å². The predicted molar refractivity (Wildman–Crippen MR) is 67.7 cm³/mol. The van der Waals surface area contributed by atoms with Gasteiger partial charge in [0.25, 0.3) is 5.91 Å². The summed E-state index contributed by atoms with van der Waals surface area (Å²) < 4.78 is 37.9. The van der Waals surface area contributed by atoms with Crippen LogP contribution < -0.4 is 11.1 Å². The number of nitrogens with one attached hydrogen (secondary N) is 1. The number of nitrogens with two attached hydrogens (primary N) is 1. The molecule has 0 aliphatic rings. The molecular weight excluding hydrogens is 257 g/mol. The summed E-state index contributed by atoms with van der Waals surface area (Å²) in [6.45, 7) is 2.48. The van der Waals surface area contributed by atoms with Crippen molar-refractivity contribution in [3.05, 3.63) is 29.3 Å². The lowest BCUT2D eigenvalue weighted by Crippen LogP contribution is -2.25. The minimum Gasteiger partial charge on any atom is -0.398 e. The molecule has 106 valence electrons. The zero-order chi connectivity index (χ0) is 14.5. The Morgan fingerprint density at radius 3 is 2.58 bits per heavy atom. The average Bonchev–Trinajstić information content (AvgIpc) is 2.33. The Bertz CT molecular complexity index is 444. The van der Waals surface area contributed by atoms with Crippen molar-refractivity contribution in [1.29, 1.82) is 0 Å². The van der Waals surface area contributed by atoms with Crippen molar-refractivity contribution in [2.75, 3.05) is 12.3 Å². The standard InChI is InChI=1S/C13H17F3N2O/c1-2-3-4-7-18-12(19)9-5-6-11(17)10(8-9)13(14,15)16/h5-6,8H,2-4,7,17H2,1H3,(H,18,19). The van der Waals surface area contributed by atoms with Crippen molar-refractivity contribution >= 4 is 11.6 Å². The number of carbonyl (C=O) groups excluding carboxylic acids is 1. The molecule has 0 heterocycles. The van der Waals surface area contributed by atoms with Crippen molar-refractivity contribution in [1.82, 2.24) is 5.32 Å². The molecule has 19 heavy (non-hydrogen) atoms. The summed E-state index contributed by atoms with van der Waals surface area (Å²) in [5.41, 5.74) is 3.88. The number of benzene rings is 1. The lowest BCUT2D eigenvalue weighted by molar-refractivity contribution is -0.136. The van der Waals surface area contributed by atoms with Gasteiger partial charge in [0.1, 0.15) is 0 Å². The van der Waals surface area contributed by atoms with E-state index in [0.29, 0.717) is 6.54 Å². The quantitative estimate of drug-likeness (QED) is 0.640. The van der Waals surface area contributed by atoms with Gasteiger partial charge in [-0.25, -0.2) is 0 Å². The fraction of sp³-hybridized carbons (Fsp3) is 0.462. The van der Waals surface area contributed by atoms with Crippen LogP contribution in [0.2, 0.25) is 0 Å². The van der Waals surface area contributed by atoms with E-state index in [9.17, 15) is 18.0 Å². The van der Waals surface area contributed by atoms with E-state index in [4.69, 9.17) is 5.73 Å². The van der Waals surface area contributed by atoms with Crippen LogP contribution in [0.25, 0.3) is 0 Å². The van der Waals surface area contributed by atoms with Gasteiger partial charge in [0.05, 0.1) is 5.56 Å². The summed E-state index contributed by atoms with van der Waals surface area (Å²) in [5.74, 6) is -0.512. The van der Waals surface area contributed by atoms with Gasteiger partial charge in [0.15, 0.2) is 0 Å². The molecule has 0 aromatic heterocycles. The average molecular weight is 274 g/mol. The monoisotopic (exact) mass is 274 g/mol. The smallest absolute Gasteiger partial charge is 0.398 e. The Balaban J connectivity index is 2.76. The number of amides is 1. The van der Waals surface area contributed by atoms with Crippen LogP contribution in [0.4, 0.5) is 18.9 Å². The maximum absolute atomic E-state index is 12.6. The molecule has 1 rings (SSSR count). The summed E-state index contributed by atoms with van der Waals surface area (Å²) in [6, 6.07) is 3.17. The van der Waals surface area contributed by atoms with Crippen LogP contribution in [0, 0.1) is 0 Å². The number of carbonyl (C=O) groups is 1. The second-order valence-corrected chi connectivity index (χ2v) is 4.26. The van der Waals surface area contributed by atoms with E-state index in [1.54, 1.807) is 0 Å². The van der Waals surface area contributed by atoms with E-state index in [2.05, 4.69) is 5.32 Å². The van der Waals surface area contributed by atoms with Gasteiger partial charge in [0.2, 0.25) is 0 Å². The van der Waals surface area contributed by atoms with Crippen molar-refractivity contribution in [3.63, 3.8) is 0 Å². The van der Waals surface area contributed by atoms with Gasteiger partial charge in [0, 0.05) is 17.8 Å². The number of halogens is 3. The normalized spacial score (nSPS) is 11.4. The third-order valence-electron chi connectivity index (χ3n) is 2.69. The van der Waals surface area contributed by atoms with E-state index < -0.39 is 17.6 Å². The van der Waals surface area contributed by atoms with Gasteiger partial charge in [-0.1, -0.05) is 19.8 Å². The van der Waals surface area contributed by atoms with E-state index >= 15 is 0 Å². The first kappa shape index (κ1) is 15.3. The third kappa shape index (κ3) is 4.46. The molecule has 0 fully saturated rings. The van der Waals surface area contributed by atoms with Crippen molar-refractivity contribution in [2.24, 2.45) is 0 Å². The Morgan fingerprint density at radius 1 is 1.32 bits per heavy atom. The van der Waals surface area contributed by atoms with Crippen molar-refractivity contribution in [3.8, 4) is 0 Å². The van der Waals surface area contributed by atoms with Gasteiger partial charge >= 0.3 is 6.18 Å². The molecule has 0 aliphatic carbocycles. The summed E-state index contributed by atoms with van der Waals surface area (Å²) in [7, 11) is 0. The SMILES string of the molecule is CCCCCNC(=O)c1ccc(N)c(C(F)(F)F)c1. The van der Waals surface area contributed by atoms with Gasteiger partial charge < -0.3 is 11.1 Å². The molecule has 0 radical (unpaired) electrons. The fourth-order valence-corrected chi connectivity index (χ4v) is 1.62. The first-order valence-corrected chi connectivity index (χ1v) is 6.11. The molecule has 3 nitrogen and oxygen atoms in total. The molecule has 1 aromatic carbocycles. The van der Waals surface area contributed by atoms with Crippen LogP contribution in [0.3, 0.4) is 0 Å². The number of unbranched alkanes of at least 4 members (excludes halogenated alkanes) is 2. The highest BCUT2D eigenvalue weighted by molar-refractivity contribution is 5.94. The van der Waals surface area contributed by atoms with E-state index in [-0.39, 0.29) is 11.3 Å². The maximum atomic E-state index is 12.6. The summed E-state index contributed by atoms with van der Waals surface area (Å²) in [6.07, 6.45) is -1.77. The first-order valence-electron chi connectivity index (χ1n) is 6.11. The topological polar surface area (TPSA) is 55.1 Å². The highest BCUT2D eigenvalue weighted by atomic mass is 19.4. The first-order chi connectivity index (χ1) is 8.86. The van der Waals surface area contributed by atoms with Crippen LogP contribution in [0.5, 0.6) is 0 Å². The number of hydrogen-bond acceptors (Lipinski definition) is 2. The highest BCUT2D eigenvalue weighted by Gasteiger charge is 2.33. The molecule has 0 bridgehead atoms. The van der Waals surface area contributed by atoms with Crippen LogP contribution >= 0.6 is 0 Å². The molecule has 0 unspecified atom stereocenters. The zero-order valence-corrected chi connectivity index (χ0v) is 10.7. The van der Waals surface area contributed by atoms with Crippen molar-refractivity contribution < 1.29 is 18.0 Å². The molecule has 0 spiro atoms. The van der Waals surface area contributed by atoms with Crippen LogP contribution in [-0.4, -0.2) is 12.5 Å². The molecule has 3 N–H and O–H groups in total. The van der Waals surface area contributed by atoms with E-state index in [1.807, 2.05) is 6.92 Å². The second kappa shape index (κ2) is 6.45. The summed E-state index contributed by atoms with van der Waals surface area (Å²) >= 11 is 0. The van der Waals surface area contributed by atoms with Gasteiger partial charge in [-0.2, -0.15) is 13.2 Å². The van der Waals surface area contributed by atoms with Crippen molar-refractivity contribution in [2.45, 2.75) is 32.4 Å². The zero-order valence-electron chi connectivity index (χ0n) is 10.7. The number of hydrogen-bond donors (Lipinski definition) is 2.